The predicted molar refractivity (Wildman–Crippen MR) is 76.3 cm³/mol. The van der Waals surface area contributed by atoms with Crippen molar-refractivity contribution in [1.82, 2.24) is 25.5 Å². The molecule has 0 aliphatic rings. The lowest BCUT2D eigenvalue weighted by Gasteiger charge is -2.10. The Labute approximate surface area is 120 Å². The predicted octanol–water partition coefficient (Wildman–Crippen LogP) is 0.892. The first-order valence-corrected chi connectivity index (χ1v) is 6.82. The van der Waals surface area contributed by atoms with E-state index in [0.29, 0.717) is 5.16 Å². The van der Waals surface area contributed by atoms with Crippen LogP contribution in [0.25, 0.3) is 5.69 Å². The highest BCUT2D eigenvalue weighted by atomic mass is 32.2. The van der Waals surface area contributed by atoms with Crippen molar-refractivity contribution in [3.63, 3.8) is 0 Å². The number of nitrogens with zero attached hydrogens (tertiary/aromatic N) is 4. The number of hydrogen-bond acceptors (Lipinski definition) is 5. The number of amides is 1. The van der Waals surface area contributed by atoms with Crippen molar-refractivity contribution < 1.29 is 4.79 Å². The summed E-state index contributed by atoms with van der Waals surface area (Å²) in [6, 6.07) is 9.49. The minimum Gasteiger partial charge on any atom is -0.344 e. The van der Waals surface area contributed by atoms with Gasteiger partial charge in [-0.2, -0.15) is 4.68 Å². The van der Waals surface area contributed by atoms with Crippen LogP contribution in [0.15, 0.2) is 35.5 Å². The molecule has 0 radical (unpaired) electrons. The monoisotopic (exact) mass is 287 g/mol. The Morgan fingerprint density at radius 1 is 1.50 bits per heavy atom. The molecule has 20 heavy (non-hydrogen) atoms. The molecule has 0 saturated carbocycles. The zero-order valence-corrected chi connectivity index (χ0v) is 11.7. The summed E-state index contributed by atoms with van der Waals surface area (Å²) < 4.78 is 1.59. The number of carbonyl (C=O) groups excluding carboxylic acids is 1. The summed E-state index contributed by atoms with van der Waals surface area (Å²) in [6.07, 6.45) is 5.11. The van der Waals surface area contributed by atoms with Crippen LogP contribution >= 0.6 is 11.8 Å². The van der Waals surface area contributed by atoms with E-state index >= 15 is 0 Å². The fourth-order valence-corrected chi connectivity index (χ4v) is 2.31. The van der Waals surface area contributed by atoms with Gasteiger partial charge in [-0.25, -0.2) is 0 Å². The van der Waals surface area contributed by atoms with E-state index in [0.717, 1.165) is 5.69 Å². The SMILES string of the molecule is C#CCNC(=O)C(C)Sc1nnnn1-c1ccccc1. The van der Waals surface area contributed by atoms with Crippen molar-refractivity contribution in [1.29, 1.82) is 0 Å². The standard InChI is InChI=1S/C13H13N5OS/c1-3-9-14-12(19)10(2)20-13-15-16-17-18(13)11-7-5-4-6-8-11/h1,4-8,10H,9H2,2H3,(H,14,19). The van der Waals surface area contributed by atoms with E-state index in [-0.39, 0.29) is 17.7 Å². The number of para-hydroxylation sites is 1. The summed E-state index contributed by atoms with van der Waals surface area (Å²) >= 11 is 1.28. The van der Waals surface area contributed by atoms with Gasteiger partial charge in [0.1, 0.15) is 0 Å². The molecule has 6 nitrogen and oxygen atoms in total. The fourth-order valence-electron chi connectivity index (χ4n) is 1.48. The molecule has 2 rings (SSSR count). The summed E-state index contributed by atoms with van der Waals surface area (Å²) in [5, 5.41) is 14.4. The van der Waals surface area contributed by atoms with Gasteiger partial charge in [0.25, 0.3) is 0 Å². The molecule has 0 aliphatic heterocycles. The summed E-state index contributed by atoms with van der Waals surface area (Å²) in [5.74, 6) is 2.22. The van der Waals surface area contributed by atoms with E-state index < -0.39 is 0 Å². The van der Waals surface area contributed by atoms with E-state index in [1.807, 2.05) is 30.3 Å². The van der Waals surface area contributed by atoms with Crippen molar-refractivity contribution in [2.45, 2.75) is 17.3 Å². The van der Waals surface area contributed by atoms with Gasteiger partial charge in [0.15, 0.2) is 0 Å². The Bertz CT molecular complexity index is 619. The molecule has 1 unspecified atom stereocenters. The summed E-state index contributed by atoms with van der Waals surface area (Å²) in [5.41, 5.74) is 0.844. The molecule has 0 fully saturated rings. The number of aromatic nitrogens is 4. The highest BCUT2D eigenvalue weighted by Crippen LogP contribution is 2.22. The van der Waals surface area contributed by atoms with Crippen LogP contribution in [0.4, 0.5) is 0 Å². The van der Waals surface area contributed by atoms with E-state index in [9.17, 15) is 4.79 Å². The van der Waals surface area contributed by atoms with Gasteiger partial charge in [0, 0.05) is 0 Å². The molecular weight excluding hydrogens is 274 g/mol. The maximum atomic E-state index is 11.8. The number of rotatable bonds is 5. The lowest BCUT2D eigenvalue weighted by Crippen LogP contribution is -2.31. The second kappa shape index (κ2) is 6.73. The molecule has 0 spiro atoms. The van der Waals surface area contributed by atoms with Crippen molar-refractivity contribution in [2.24, 2.45) is 0 Å². The van der Waals surface area contributed by atoms with Crippen LogP contribution in [-0.2, 0) is 4.79 Å². The van der Waals surface area contributed by atoms with Gasteiger partial charge in [-0.15, -0.1) is 11.5 Å². The van der Waals surface area contributed by atoms with Crippen LogP contribution in [0.5, 0.6) is 0 Å². The molecular formula is C13H13N5OS. The largest absolute Gasteiger partial charge is 0.344 e. The molecule has 102 valence electrons. The number of carbonyl (C=O) groups is 1. The minimum atomic E-state index is -0.336. The van der Waals surface area contributed by atoms with Crippen molar-refractivity contribution in [2.75, 3.05) is 6.54 Å². The summed E-state index contributed by atoms with van der Waals surface area (Å²) in [7, 11) is 0. The summed E-state index contributed by atoms with van der Waals surface area (Å²) in [4.78, 5) is 11.8. The Hall–Kier alpha value is -2.33. The third-order valence-electron chi connectivity index (χ3n) is 2.46. The van der Waals surface area contributed by atoms with Gasteiger partial charge >= 0.3 is 0 Å². The fraction of sp³-hybridized carbons (Fsp3) is 0.231. The molecule has 1 atom stereocenters. The molecule has 1 N–H and O–H groups in total. The Morgan fingerprint density at radius 2 is 2.25 bits per heavy atom. The number of terminal acetylenes is 1. The van der Waals surface area contributed by atoms with E-state index in [2.05, 4.69) is 26.8 Å². The van der Waals surface area contributed by atoms with Crippen LogP contribution in [0, 0.1) is 12.3 Å². The average Bonchev–Trinajstić information content (AvgIpc) is 2.93. The van der Waals surface area contributed by atoms with Crippen LogP contribution in [0.3, 0.4) is 0 Å². The first-order chi connectivity index (χ1) is 9.72. The molecule has 1 aromatic carbocycles. The van der Waals surface area contributed by atoms with E-state index in [1.165, 1.54) is 11.8 Å². The van der Waals surface area contributed by atoms with Gasteiger partial charge in [-0.1, -0.05) is 35.9 Å². The van der Waals surface area contributed by atoms with Gasteiger partial charge in [0.2, 0.25) is 11.1 Å². The zero-order valence-electron chi connectivity index (χ0n) is 10.9. The smallest absolute Gasteiger partial charge is 0.234 e. The molecule has 0 saturated heterocycles. The highest BCUT2D eigenvalue weighted by molar-refractivity contribution is 8.00. The second-order valence-electron chi connectivity index (χ2n) is 3.89. The maximum Gasteiger partial charge on any atom is 0.234 e. The lowest BCUT2D eigenvalue weighted by atomic mass is 10.3. The number of nitrogens with one attached hydrogen (secondary N) is 1. The van der Waals surface area contributed by atoms with Crippen LogP contribution in [0.1, 0.15) is 6.92 Å². The van der Waals surface area contributed by atoms with E-state index in [4.69, 9.17) is 6.42 Å². The van der Waals surface area contributed by atoms with Crippen LogP contribution in [0.2, 0.25) is 0 Å². The van der Waals surface area contributed by atoms with Gasteiger partial charge in [-0.3, -0.25) is 4.79 Å². The van der Waals surface area contributed by atoms with Crippen molar-refractivity contribution in [3.8, 4) is 18.0 Å². The van der Waals surface area contributed by atoms with Gasteiger partial charge in [0.05, 0.1) is 17.5 Å². The topological polar surface area (TPSA) is 72.7 Å². The van der Waals surface area contributed by atoms with Crippen molar-refractivity contribution in [3.05, 3.63) is 30.3 Å². The highest BCUT2D eigenvalue weighted by Gasteiger charge is 2.18. The maximum absolute atomic E-state index is 11.8. The Balaban J connectivity index is 2.10. The molecule has 0 bridgehead atoms. The number of thioether (sulfide) groups is 1. The molecule has 7 heteroatoms. The average molecular weight is 287 g/mol. The Morgan fingerprint density at radius 3 is 2.95 bits per heavy atom. The first-order valence-electron chi connectivity index (χ1n) is 5.94. The molecule has 1 aromatic heterocycles. The quantitative estimate of drug-likeness (QED) is 0.653. The molecule has 1 heterocycles. The zero-order chi connectivity index (χ0) is 14.4. The van der Waals surface area contributed by atoms with Gasteiger partial charge < -0.3 is 5.32 Å². The lowest BCUT2D eigenvalue weighted by molar-refractivity contribution is -0.120. The normalized spacial score (nSPS) is 11.6. The number of hydrogen-bond donors (Lipinski definition) is 1. The molecule has 1 amide bonds. The molecule has 2 aromatic rings. The summed E-state index contributed by atoms with van der Waals surface area (Å²) in [6.45, 7) is 1.99. The van der Waals surface area contributed by atoms with E-state index in [1.54, 1.807) is 11.6 Å². The van der Waals surface area contributed by atoms with Crippen LogP contribution in [-0.4, -0.2) is 37.9 Å². The minimum absolute atomic E-state index is 0.143. The Kier molecular flexibility index (Phi) is 4.74. The number of tetrazole rings is 1. The van der Waals surface area contributed by atoms with Crippen molar-refractivity contribution >= 4 is 17.7 Å². The third-order valence-corrected chi connectivity index (χ3v) is 3.49. The second-order valence-corrected chi connectivity index (χ2v) is 5.20. The molecule has 0 aliphatic carbocycles. The first kappa shape index (κ1) is 14.1. The third kappa shape index (κ3) is 3.36. The number of benzene rings is 1. The van der Waals surface area contributed by atoms with Gasteiger partial charge in [-0.05, 0) is 29.5 Å². The van der Waals surface area contributed by atoms with Crippen LogP contribution < -0.4 is 5.32 Å².